The largest absolute Gasteiger partial charge is 0.586 e. The molecule has 2 aliphatic heterocycles. The van der Waals surface area contributed by atoms with Crippen molar-refractivity contribution in [3.63, 3.8) is 0 Å². The molecule has 6 nitrogen and oxygen atoms in total. The van der Waals surface area contributed by atoms with Gasteiger partial charge in [0.05, 0.1) is 0 Å². The van der Waals surface area contributed by atoms with Gasteiger partial charge in [0.15, 0.2) is 11.5 Å². The van der Waals surface area contributed by atoms with Crippen molar-refractivity contribution in [2.24, 2.45) is 0 Å². The SMILES string of the molecule is CC(=O)N1CCc2cc(C(=O)Nc3ccc4c(c3)OC(F)(F)O4)ccc21. The lowest BCUT2D eigenvalue weighted by Crippen LogP contribution is -2.25. The number of amides is 2. The Hall–Kier alpha value is -3.16. The maximum Gasteiger partial charge on any atom is 0.586 e. The van der Waals surface area contributed by atoms with Crippen molar-refractivity contribution in [3.05, 3.63) is 47.5 Å². The summed E-state index contributed by atoms with van der Waals surface area (Å²) in [6.45, 7) is 2.09. The van der Waals surface area contributed by atoms with E-state index < -0.39 is 6.29 Å². The van der Waals surface area contributed by atoms with E-state index in [0.717, 1.165) is 11.3 Å². The van der Waals surface area contributed by atoms with Gasteiger partial charge in [-0.05, 0) is 42.3 Å². The van der Waals surface area contributed by atoms with Crippen LogP contribution < -0.4 is 19.7 Å². The number of carbonyl (C=O) groups excluding carboxylic acids is 2. The van der Waals surface area contributed by atoms with E-state index >= 15 is 0 Å². The minimum absolute atomic E-state index is 0.0434. The van der Waals surface area contributed by atoms with Crippen molar-refractivity contribution in [2.75, 3.05) is 16.8 Å². The highest BCUT2D eigenvalue weighted by Gasteiger charge is 2.43. The van der Waals surface area contributed by atoms with Crippen LogP contribution in [-0.2, 0) is 11.2 Å². The van der Waals surface area contributed by atoms with Crippen molar-refractivity contribution >= 4 is 23.2 Å². The maximum absolute atomic E-state index is 13.1. The molecule has 0 fully saturated rings. The summed E-state index contributed by atoms with van der Waals surface area (Å²) < 4.78 is 34.8. The van der Waals surface area contributed by atoms with Crippen LogP contribution in [0.2, 0.25) is 0 Å². The summed E-state index contributed by atoms with van der Waals surface area (Å²) in [6, 6.07) is 9.12. The first-order valence-corrected chi connectivity index (χ1v) is 7.95. The number of halogens is 2. The smallest absolute Gasteiger partial charge is 0.395 e. The fourth-order valence-electron chi connectivity index (χ4n) is 3.10. The molecule has 8 heteroatoms. The molecule has 2 aromatic rings. The van der Waals surface area contributed by atoms with Crippen LogP contribution in [0.15, 0.2) is 36.4 Å². The maximum atomic E-state index is 13.1. The molecule has 4 rings (SSSR count). The first-order chi connectivity index (χ1) is 12.3. The van der Waals surface area contributed by atoms with Crippen molar-refractivity contribution in [3.8, 4) is 11.5 Å². The fourth-order valence-corrected chi connectivity index (χ4v) is 3.10. The molecule has 2 aromatic carbocycles. The van der Waals surface area contributed by atoms with Crippen LogP contribution in [0.4, 0.5) is 20.2 Å². The number of fused-ring (bicyclic) bond motifs is 2. The van der Waals surface area contributed by atoms with Crippen molar-refractivity contribution in [1.29, 1.82) is 0 Å². The number of rotatable bonds is 2. The Morgan fingerprint density at radius 3 is 2.65 bits per heavy atom. The summed E-state index contributed by atoms with van der Waals surface area (Å²) in [6.07, 6.45) is -3.03. The molecule has 0 spiro atoms. The van der Waals surface area contributed by atoms with E-state index in [2.05, 4.69) is 14.8 Å². The van der Waals surface area contributed by atoms with E-state index in [1.807, 2.05) is 0 Å². The third-order valence-electron chi connectivity index (χ3n) is 4.28. The minimum Gasteiger partial charge on any atom is -0.395 e. The number of anilines is 2. The van der Waals surface area contributed by atoms with E-state index in [1.165, 1.54) is 25.1 Å². The molecule has 1 N–H and O–H groups in total. The predicted octanol–water partition coefficient (Wildman–Crippen LogP) is 3.17. The van der Waals surface area contributed by atoms with Gasteiger partial charge in [0.2, 0.25) is 5.91 Å². The highest BCUT2D eigenvalue weighted by Crippen LogP contribution is 2.42. The Morgan fingerprint density at radius 1 is 1.12 bits per heavy atom. The van der Waals surface area contributed by atoms with E-state index in [0.29, 0.717) is 24.2 Å². The monoisotopic (exact) mass is 360 g/mol. The zero-order valence-electron chi connectivity index (χ0n) is 13.7. The molecule has 0 aromatic heterocycles. The Labute approximate surface area is 147 Å². The second-order valence-corrected chi connectivity index (χ2v) is 6.05. The fraction of sp³-hybridized carbons (Fsp3) is 0.222. The molecular weight excluding hydrogens is 346 g/mol. The van der Waals surface area contributed by atoms with Gasteiger partial charge in [-0.2, -0.15) is 0 Å². The summed E-state index contributed by atoms with van der Waals surface area (Å²) in [5.41, 5.74) is 2.44. The van der Waals surface area contributed by atoms with Gasteiger partial charge in [-0.1, -0.05) is 0 Å². The molecule has 2 aliphatic rings. The second-order valence-electron chi connectivity index (χ2n) is 6.05. The number of ether oxygens (including phenoxy) is 2. The van der Waals surface area contributed by atoms with E-state index in [4.69, 9.17) is 0 Å². The first kappa shape index (κ1) is 16.3. The third-order valence-corrected chi connectivity index (χ3v) is 4.28. The summed E-state index contributed by atoms with van der Waals surface area (Å²) in [5, 5.41) is 2.64. The Morgan fingerprint density at radius 2 is 1.88 bits per heavy atom. The highest BCUT2D eigenvalue weighted by molar-refractivity contribution is 6.05. The first-order valence-electron chi connectivity index (χ1n) is 7.95. The lowest BCUT2D eigenvalue weighted by atomic mass is 10.1. The highest BCUT2D eigenvalue weighted by atomic mass is 19.3. The Balaban J connectivity index is 1.52. The Kier molecular flexibility index (Phi) is 3.57. The summed E-state index contributed by atoms with van der Waals surface area (Å²) >= 11 is 0. The van der Waals surface area contributed by atoms with E-state index in [9.17, 15) is 18.4 Å². The normalized spacial score (nSPS) is 16.3. The second kappa shape index (κ2) is 5.69. The van der Waals surface area contributed by atoms with Gasteiger partial charge in [-0.15, -0.1) is 8.78 Å². The standard InChI is InChI=1S/C18H14F2N2O4/c1-10(23)22-7-6-11-8-12(2-4-14(11)22)17(24)21-13-3-5-15-16(9-13)26-18(19,20)25-15/h2-5,8-9H,6-7H2,1H3,(H,21,24). The lowest BCUT2D eigenvalue weighted by Gasteiger charge is -2.14. The summed E-state index contributed by atoms with van der Waals surface area (Å²) in [4.78, 5) is 25.7. The molecule has 134 valence electrons. The molecule has 0 atom stereocenters. The van der Waals surface area contributed by atoms with Crippen LogP contribution in [-0.4, -0.2) is 24.7 Å². The number of alkyl halides is 2. The quantitative estimate of drug-likeness (QED) is 0.893. The van der Waals surface area contributed by atoms with Gasteiger partial charge in [0.1, 0.15) is 0 Å². The van der Waals surface area contributed by atoms with Gasteiger partial charge in [0.25, 0.3) is 5.91 Å². The third kappa shape index (κ3) is 2.83. The van der Waals surface area contributed by atoms with Crippen LogP contribution in [0.3, 0.4) is 0 Å². The molecule has 2 heterocycles. The van der Waals surface area contributed by atoms with E-state index in [-0.39, 0.29) is 23.3 Å². The van der Waals surface area contributed by atoms with Gasteiger partial charge in [-0.3, -0.25) is 9.59 Å². The van der Waals surface area contributed by atoms with Crippen LogP contribution in [0.1, 0.15) is 22.8 Å². The number of nitrogens with one attached hydrogen (secondary N) is 1. The molecule has 26 heavy (non-hydrogen) atoms. The average molecular weight is 360 g/mol. The number of hydrogen-bond donors (Lipinski definition) is 1. The number of carbonyl (C=O) groups is 2. The number of benzene rings is 2. The molecular formula is C18H14F2N2O4. The zero-order chi connectivity index (χ0) is 18.5. The van der Waals surface area contributed by atoms with E-state index in [1.54, 1.807) is 23.1 Å². The summed E-state index contributed by atoms with van der Waals surface area (Å²) in [5.74, 6) is -0.661. The molecule has 0 saturated heterocycles. The van der Waals surface area contributed by atoms with Gasteiger partial charge in [-0.25, -0.2) is 0 Å². The van der Waals surface area contributed by atoms with Gasteiger partial charge in [0, 0.05) is 36.5 Å². The van der Waals surface area contributed by atoms with Crippen LogP contribution >= 0.6 is 0 Å². The average Bonchev–Trinajstić information content (AvgIpc) is 3.12. The lowest BCUT2D eigenvalue weighted by molar-refractivity contribution is -0.286. The van der Waals surface area contributed by atoms with Crippen LogP contribution in [0.25, 0.3) is 0 Å². The summed E-state index contributed by atoms with van der Waals surface area (Å²) in [7, 11) is 0. The number of hydrogen-bond acceptors (Lipinski definition) is 4. The molecule has 0 radical (unpaired) electrons. The van der Waals surface area contributed by atoms with Crippen LogP contribution in [0.5, 0.6) is 11.5 Å². The van der Waals surface area contributed by atoms with Gasteiger partial charge >= 0.3 is 6.29 Å². The zero-order valence-corrected chi connectivity index (χ0v) is 13.7. The van der Waals surface area contributed by atoms with Crippen LogP contribution in [0, 0.1) is 0 Å². The number of nitrogens with zero attached hydrogens (tertiary/aromatic N) is 1. The molecule has 0 unspecified atom stereocenters. The Bertz CT molecular complexity index is 929. The van der Waals surface area contributed by atoms with Crippen molar-refractivity contribution in [2.45, 2.75) is 19.6 Å². The predicted molar refractivity (Wildman–Crippen MR) is 88.8 cm³/mol. The van der Waals surface area contributed by atoms with Gasteiger partial charge < -0.3 is 19.7 Å². The molecule has 0 bridgehead atoms. The van der Waals surface area contributed by atoms with Crippen molar-refractivity contribution < 1.29 is 27.8 Å². The minimum atomic E-state index is -3.70. The topological polar surface area (TPSA) is 67.9 Å². The molecule has 2 amide bonds. The molecule has 0 aliphatic carbocycles. The molecule has 0 saturated carbocycles. The van der Waals surface area contributed by atoms with Crippen molar-refractivity contribution in [1.82, 2.24) is 0 Å².